The maximum Gasteiger partial charge on any atom is 0.132 e. The Balaban J connectivity index is 1.09. The van der Waals surface area contributed by atoms with Crippen LogP contribution in [-0.4, -0.2) is 17.5 Å². The summed E-state index contributed by atoms with van der Waals surface area (Å²) in [6, 6.07) is 27.6. The summed E-state index contributed by atoms with van der Waals surface area (Å²) in [4.78, 5) is 3.78. The number of benzene rings is 4. The third kappa shape index (κ3) is 6.85. The van der Waals surface area contributed by atoms with Gasteiger partial charge in [-0.2, -0.15) is 17.5 Å². The van der Waals surface area contributed by atoms with E-state index in [1.165, 1.54) is 23.5 Å². The number of thiophene rings is 2. The number of hydrogen-bond acceptors (Lipinski definition) is 8. The quantitative estimate of drug-likeness (QED) is 0.132. The molecule has 0 aliphatic carbocycles. The van der Waals surface area contributed by atoms with Crippen LogP contribution in [0.4, 0.5) is 8.78 Å². The predicted octanol–water partition coefficient (Wildman–Crippen LogP) is 13.6. The van der Waals surface area contributed by atoms with Crippen molar-refractivity contribution in [3.05, 3.63) is 108 Å². The van der Waals surface area contributed by atoms with Crippen LogP contribution in [-0.2, 0) is 12.8 Å². The van der Waals surface area contributed by atoms with Crippen LogP contribution in [0.15, 0.2) is 84.9 Å². The first-order valence-corrected chi connectivity index (χ1v) is 20.6. The number of nitrogens with zero attached hydrogens (tertiary/aromatic N) is 4. The smallest absolute Gasteiger partial charge is 0.132 e. The Bertz CT molecular complexity index is 2360. The molecule has 262 valence electrons. The molecule has 0 aliphatic rings. The fourth-order valence-electron chi connectivity index (χ4n) is 6.56. The molecule has 4 aromatic heterocycles. The van der Waals surface area contributed by atoms with Gasteiger partial charge in [0.15, 0.2) is 0 Å². The standard InChI is InChI=1S/C42H36F2N4S4/c1-23(2)5-7-25-9-11-29(33(43)21-25)35-17-19-37(49-35)31-15-13-27(39-41(31)47-51-45-39)28-14-16-32(42-40(28)46-52-48-42)38-20-18-36(50-38)30-12-10-26(22-34(30)44)8-6-24(3)4/h9-24H,5-8H2,1-4H3. The SMILES string of the molecule is CC(C)CCc1ccc(-c2ccc(-c3ccc(-c4ccc(-c5ccc(-c6ccc(CCC(C)C)cc6F)s5)c5nsnc45)c4nsnc34)s2)c(F)c1. The van der Waals surface area contributed by atoms with E-state index >= 15 is 8.78 Å². The van der Waals surface area contributed by atoms with Gasteiger partial charge in [0.25, 0.3) is 0 Å². The van der Waals surface area contributed by atoms with Crippen LogP contribution in [0, 0.1) is 23.5 Å². The molecule has 4 aromatic carbocycles. The summed E-state index contributed by atoms with van der Waals surface area (Å²) in [5.74, 6) is 0.783. The van der Waals surface area contributed by atoms with Gasteiger partial charge in [-0.15, -0.1) is 22.7 Å². The normalized spacial score (nSPS) is 11.9. The van der Waals surface area contributed by atoms with Crippen molar-refractivity contribution in [2.75, 3.05) is 0 Å². The summed E-state index contributed by atoms with van der Waals surface area (Å²) in [7, 11) is 0. The van der Waals surface area contributed by atoms with Gasteiger partial charge in [0.05, 0.1) is 23.5 Å². The van der Waals surface area contributed by atoms with Gasteiger partial charge in [-0.25, -0.2) is 8.78 Å². The topological polar surface area (TPSA) is 51.6 Å². The lowest BCUT2D eigenvalue weighted by Gasteiger charge is -2.08. The molecule has 4 heterocycles. The summed E-state index contributed by atoms with van der Waals surface area (Å²) < 4.78 is 49.5. The average Bonchev–Trinajstić information content (AvgIpc) is 3.96. The first-order valence-electron chi connectivity index (χ1n) is 17.5. The van der Waals surface area contributed by atoms with Gasteiger partial charge < -0.3 is 0 Å². The van der Waals surface area contributed by atoms with Crippen molar-refractivity contribution >= 4 is 68.2 Å². The van der Waals surface area contributed by atoms with Crippen LogP contribution >= 0.6 is 46.1 Å². The molecule has 0 spiro atoms. The summed E-state index contributed by atoms with van der Waals surface area (Å²) in [5.41, 5.74) is 10.3. The Hall–Kier alpha value is -4.22. The van der Waals surface area contributed by atoms with Crippen LogP contribution in [0.3, 0.4) is 0 Å². The van der Waals surface area contributed by atoms with Crippen LogP contribution in [0.25, 0.3) is 75.0 Å². The highest BCUT2D eigenvalue weighted by molar-refractivity contribution is 7.19. The van der Waals surface area contributed by atoms with E-state index in [0.29, 0.717) is 23.0 Å². The Morgan fingerprint density at radius 1 is 0.442 bits per heavy atom. The number of aromatic nitrogens is 4. The molecule has 52 heavy (non-hydrogen) atoms. The summed E-state index contributed by atoms with van der Waals surface area (Å²) in [5, 5.41) is 0. The van der Waals surface area contributed by atoms with Crippen molar-refractivity contribution in [1.82, 2.24) is 17.5 Å². The van der Waals surface area contributed by atoms with E-state index in [4.69, 9.17) is 17.5 Å². The zero-order chi connectivity index (χ0) is 35.9. The van der Waals surface area contributed by atoms with E-state index in [2.05, 4.69) is 52.0 Å². The monoisotopic (exact) mass is 762 g/mol. The lowest BCUT2D eigenvalue weighted by molar-refractivity contribution is 0.582. The fourth-order valence-corrected chi connectivity index (χ4v) is 9.82. The number of rotatable bonds is 11. The number of aryl methyl sites for hydroxylation is 2. The van der Waals surface area contributed by atoms with Crippen LogP contribution in [0.1, 0.15) is 51.7 Å². The highest BCUT2D eigenvalue weighted by Gasteiger charge is 2.21. The van der Waals surface area contributed by atoms with E-state index in [1.807, 2.05) is 48.5 Å². The van der Waals surface area contributed by atoms with E-state index in [1.54, 1.807) is 34.8 Å². The Labute approximate surface area is 318 Å². The van der Waals surface area contributed by atoms with Gasteiger partial charge in [0.2, 0.25) is 0 Å². The summed E-state index contributed by atoms with van der Waals surface area (Å²) in [6.07, 6.45) is 3.83. The maximum absolute atomic E-state index is 15.3. The van der Waals surface area contributed by atoms with E-state index in [-0.39, 0.29) is 11.6 Å². The molecule has 0 atom stereocenters. The van der Waals surface area contributed by atoms with E-state index in [9.17, 15) is 0 Å². The highest BCUT2D eigenvalue weighted by Crippen LogP contribution is 2.44. The minimum atomic E-state index is -0.188. The van der Waals surface area contributed by atoms with Crippen molar-refractivity contribution in [1.29, 1.82) is 0 Å². The van der Waals surface area contributed by atoms with Crippen molar-refractivity contribution in [2.24, 2.45) is 11.8 Å². The Morgan fingerprint density at radius 2 is 0.769 bits per heavy atom. The van der Waals surface area contributed by atoms with Gasteiger partial charge in [-0.05, 0) is 85.0 Å². The average molecular weight is 763 g/mol. The zero-order valence-corrected chi connectivity index (χ0v) is 32.5. The first-order chi connectivity index (χ1) is 25.2. The zero-order valence-electron chi connectivity index (χ0n) is 29.2. The third-order valence-electron chi connectivity index (χ3n) is 9.48. The minimum Gasteiger partial charge on any atom is -0.206 e. The molecule has 0 bridgehead atoms. The van der Waals surface area contributed by atoms with Crippen LogP contribution in [0.2, 0.25) is 0 Å². The molecule has 0 amide bonds. The largest absolute Gasteiger partial charge is 0.206 e. The van der Waals surface area contributed by atoms with Crippen molar-refractivity contribution in [3.63, 3.8) is 0 Å². The fraction of sp³-hybridized carbons (Fsp3) is 0.238. The van der Waals surface area contributed by atoms with Crippen molar-refractivity contribution in [3.8, 4) is 52.9 Å². The Kier molecular flexibility index (Phi) is 9.82. The molecule has 0 aliphatic heterocycles. The summed E-state index contributed by atoms with van der Waals surface area (Å²) >= 11 is 5.48. The molecular formula is C42H36F2N4S4. The Morgan fingerprint density at radius 3 is 1.13 bits per heavy atom. The molecule has 0 saturated carbocycles. The molecule has 0 radical (unpaired) electrons. The first kappa shape index (κ1) is 34.8. The molecule has 10 heteroatoms. The molecule has 4 nitrogen and oxygen atoms in total. The second-order valence-electron chi connectivity index (χ2n) is 14.1. The third-order valence-corrected chi connectivity index (χ3v) is 12.8. The second kappa shape index (κ2) is 14.7. The number of hydrogen-bond donors (Lipinski definition) is 0. The lowest BCUT2D eigenvalue weighted by atomic mass is 9.97. The lowest BCUT2D eigenvalue weighted by Crippen LogP contribution is -1.93. The molecular weight excluding hydrogens is 727 g/mol. The molecule has 0 N–H and O–H groups in total. The highest BCUT2D eigenvalue weighted by atomic mass is 32.1. The van der Waals surface area contributed by atoms with Gasteiger partial charge in [0, 0.05) is 52.9 Å². The molecule has 0 saturated heterocycles. The van der Waals surface area contributed by atoms with Crippen LogP contribution < -0.4 is 0 Å². The van der Waals surface area contributed by atoms with Crippen molar-refractivity contribution in [2.45, 2.75) is 53.4 Å². The van der Waals surface area contributed by atoms with E-state index in [0.717, 1.165) is 101 Å². The minimum absolute atomic E-state index is 0.188. The van der Waals surface area contributed by atoms with Gasteiger partial charge in [-0.1, -0.05) is 76.2 Å². The van der Waals surface area contributed by atoms with E-state index < -0.39 is 0 Å². The van der Waals surface area contributed by atoms with Gasteiger partial charge in [-0.3, -0.25) is 0 Å². The molecule has 0 fully saturated rings. The molecule has 0 unspecified atom stereocenters. The van der Waals surface area contributed by atoms with Crippen LogP contribution in [0.5, 0.6) is 0 Å². The second-order valence-corrected chi connectivity index (χ2v) is 17.3. The molecule has 8 rings (SSSR count). The molecule has 8 aromatic rings. The summed E-state index contributed by atoms with van der Waals surface area (Å²) in [6.45, 7) is 8.75. The van der Waals surface area contributed by atoms with Crippen molar-refractivity contribution < 1.29 is 8.78 Å². The van der Waals surface area contributed by atoms with Gasteiger partial charge in [0.1, 0.15) is 33.7 Å². The number of fused-ring (bicyclic) bond motifs is 2. The predicted molar refractivity (Wildman–Crippen MR) is 218 cm³/mol. The van der Waals surface area contributed by atoms with Gasteiger partial charge >= 0.3 is 0 Å². The number of halogens is 2. The maximum atomic E-state index is 15.3.